The Hall–Kier alpha value is -3.15. The van der Waals surface area contributed by atoms with Crippen molar-refractivity contribution in [1.82, 2.24) is 4.98 Å². The second-order valence-corrected chi connectivity index (χ2v) is 5.58. The smallest absolute Gasteiger partial charge is 0.376 e. The molecule has 0 unspecified atom stereocenters. The van der Waals surface area contributed by atoms with Crippen molar-refractivity contribution in [2.24, 2.45) is 0 Å². The maximum absolute atomic E-state index is 12.2. The van der Waals surface area contributed by atoms with E-state index in [1.54, 1.807) is 6.92 Å². The van der Waals surface area contributed by atoms with E-state index in [9.17, 15) is 9.59 Å². The van der Waals surface area contributed by atoms with Crippen LogP contribution in [0.2, 0.25) is 0 Å². The van der Waals surface area contributed by atoms with Crippen molar-refractivity contribution in [3.8, 4) is 11.3 Å². The van der Waals surface area contributed by atoms with Crippen LogP contribution in [-0.2, 0) is 9.53 Å². The van der Waals surface area contributed by atoms with Gasteiger partial charge in [-0.1, -0.05) is 30.3 Å². The SMILES string of the molecule is CCOC(=O)c1oc2nc(-c3ccccc3)cc(C)c2c1NC(C)=O. The molecule has 0 aliphatic carbocycles. The van der Waals surface area contributed by atoms with Crippen molar-refractivity contribution < 1.29 is 18.7 Å². The summed E-state index contributed by atoms with van der Waals surface area (Å²) < 4.78 is 10.7. The normalized spacial score (nSPS) is 10.7. The number of furan rings is 1. The van der Waals surface area contributed by atoms with Crippen LogP contribution in [-0.4, -0.2) is 23.5 Å². The standard InChI is InChI=1S/C19H18N2O4/c1-4-24-19(23)17-16(20-12(3)22)15-11(2)10-14(21-18(15)25-17)13-8-6-5-7-9-13/h5-10H,4H2,1-3H3,(H,20,22). The molecule has 0 aliphatic heterocycles. The first-order valence-electron chi connectivity index (χ1n) is 7.95. The lowest BCUT2D eigenvalue weighted by molar-refractivity contribution is -0.114. The molecule has 6 nitrogen and oxygen atoms in total. The summed E-state index contributed by atoms with van der Waals surface area (Å²) in [6.45, 7) is 5.16. The summed E-state index contributed by atoms with van der Waals surface area (Å²) in [5, 5.41) is 3.26. The lowest BCUT2D eigenvalue weighted by Crippen LogP contribution is -2.11. The number of anilines is 1. The molecule has 25 heavy (non-hydrogen) atoms. The molecule has 1 N–H and O–H groups in total. The van der Waals surface area contributed by atoms with Crippen LogP contribution in [0.1, 0.15) is 30.0 Å². The first-order chi connectivity index (χ1) is 12.0. The van der Waals surface area contributed by atoms with E-state index in [0.29, 0.717) is 11.1 Å². The summed E-state index contributed by atoms with van der Waals surface area (Å²) in [5.74, 6) is -0.988. The van der Waals surface area contributed by atoms with Crippen LogP contribution in [0.4, 0.5) is 5.69 Å². The minimum absolute atomic E-state index is 0.0483. The molecule has 1 aromatic carbocycles. The molecule has 1 amide bonds. The van der Waals surface area contributed by atoms with E-state index in [1.165, 1.54) is 6.92 Å². The summed E-state index contributed by atoms with van der Waals surface area (Å²) in [6, 6.07) is 11.6. The highest BCUT2D eigenvalue weighted by Gasteiger charge is 2.25. The van der Waals surface area contributed by atoms with Crippen LogP contribution in [0.5, 0.6) is 0 Å². The molecule has 0 atom stereocenters. The van der Waals surface area contributed by atoms with Gasteiger partial charge in [-0.15, -0.1) is 0 Å². The van der Waals surface area contributed by atoms with Crippen LogP contribution in [0.25, 0.3) is 22.4 Å². The van der Waals surface area contributed by atoms with Crippen molar-refractivity contribution in [2.45, 2.75) is 20.8 Å². The quantitative estimate of drug-likeness (QED) is 0.729. The molecular weight excluding hydrogens is 320 g/mol. The molecule has 3 aromatic rings. The van der Waals surface area contributed by atoms with Gasteiger partial charge in [0.05, 0.1) is 17.7 Å². The average Bonchev–Trinajstić information content (AvgIpc) is 2.94. The highest BCUT2D eigenvalue weighted by atomic mass is 16.5. The molecule has 0 fully saturated rings. The van der Waals surface area contributed by atoms with E-state index in [0.717, 1.165) is 16.8 Å². The number of amides is 1. The van der Waals surface area contributed by atoms with Gasteiger partial charge < -0.3 is 14.5 Å². The van der Waals surface area contributed by atoms with Gasteiger partial charge >= 0.3 is 5.97 Å². The summed E-state index contributed by atoms with van der Waals surface area (Å²) >= 11 is 0. The van der Waals surface area contributed by atoms with Crippen molar-refractivity contribution in [3.63, 3.8) is 0 Å². The number of carbonyl (C=O) groups is 2. The number of hydrogen-bond acceptors (Lipinski definition) is 5. The first kappa shape index (κ1) is 16.7. The number of nitrogens with one attached hydrogen (secondary N) is 1. The lowest BCUT2D eigenvalue weighted by Gasteiger charge is -2.05. The van der Waals surface area contributed by atoms with Gasteiger partial charge in [0.25, 0.3) is 0 Å². The second-order valence-electron chi connectivity index (χ2n) is 5.58. The Kier molecular flexibility index (Phi) is 4.52. The first-order valence-corrected chi connectivity index (χ1v) is 7.95. The molecule has 2 heterocycles. The molecule has 0 saturated heterocycles. The molecule has 0 saturated carbocycles. The van der Waals surface area contributed by atoms with Crippen LogP contribution >= 0.6 is 0 Å². The van der Waals surface area contributed by atoms with E-state index in [2.05, 4.69) is 10.3 Å². The Bertz CT molecular complexity index is 945. The van der Waals surface area contributed by atoms with Crippen LogP contribution in [0, 0.1) is 6.92 Å². The Labute approximate surface area is 144 Å². The number of benzene rings is 1. The van der Waals surface area contributed by atoms with Crippen molar-refractivity contribution in [1.29, 1.82) is 0 Å². The van der Waals surface area contributed by atoms with E-state index in [1.807, 2.05) is 43.3 Å². The fourth-order valence-electron chi connectivity index (χ4n) is 2.68. The Balaban J connectivity index is 2.22. The third-order valence-electron chi connectivity index (χ3n) is 3.69. The number of nitrogens with zero attached hydrogens (tertiary/aromatic N) is 1. The van der Waals surface area contributed by atoms with E-state index >= 15 is 0 Å². The van der Waals surface area contributed by atoms with Crippen molar-refractivity contribution >= 4 is 28.7 Å². The number of ether oxygens (including phenoxy) is 1. The van der Waals surface area contributed by atoms with E-state index in [-0.39, 0.29) is 24.0 Å². The number of rotatable bonds is 4. The molecular formula is C19H18N2O4. The highest BCUT2D eigenvalue weighted by Crippen LogP contribution is 2.35. The Morgan fingerprint density at radius 3 is 2.60 bits per heavy atom. The van der Waals surface area contributed by atoms with Gasteiger partial charge in [-0.25, -0.2) is 9.78 Å². The number of carbonyl (C=O) groups excluding carboxylic acids is 2. The van der Waals surface area contributed by atoms with Crippen molar-refractivity contribution in [3.05, 3.63) is 47.7 Å². The number of aryl methyl sites for hydroxylation is 1. The summed E-state index contributed by atoms with van der Waals surface area (Å²) in [6.07, 6.45) is 0. The van der Waals surface area contributed by atoms with Gasteiger partial charge in [-0.3, -0.25) is 4.79 Å². The monoisotopic (exact) mass is 338 g/mol. The fourth-order valence-corrected chi connectivity index (χ4v) is 2.68. The van der Waals surface area contributed by atoms with Crippen molar-refractivity contribution in [2.75, 3.05) is 11.9 Å². The third-order valence-corrected chi connectivity index (χ3v) is 3.69. The molecule has 0 aliphatic rings. The van der Waals surface area contributed by atoms with Gasteiger partial charge in [-0.05, 0) is 25.5 Å². The number of aromatic nitrogens is 1. The molecule has 0 spiro atoms. The second kappa shape index (κ2) is 6.76. The predicted molar refractivity (Wildman–Crippen MR) is 94.4 cm³/mol. The van der Waals surface area contributed by atoms with Crippen LogP contribution in [0.15, 0.2) is 40.8 Å². The maximum atomic E-state index is 12.2. The zero-order valence-electron chi connectivity index (χ0n) is 14.3. The Morgan fingerprint density at radius 1 is 1.24 bits per heavy atom. The topological polar surface area (TPSA) is 81.4 Å². The molecule has 6 heteroatoms. The van der Waals surface area contributed by atoms with Crippen LogP contribution < -0.4 is 5.32 Å². The van der Waals surface area contributed by atoms with E-state index < -0.39 is 5.97 Å². The number of hydrogen-bond donors (Lipinski definition) is 1. The Morgan fingerprint density at radius 2 is 1.96 bits per heavy atom. The van der Waals surface area contributed by atoms with Gasteiger partial charge in [0.2, 0.25) is 17.4 Å². The molecule has 0 bridgehead atoms. The maximum Gasteiger partial charge on any atom is 0.376 e. The molecule has 3 rings (SSSR count). The van der Waals surface area contributed by atoms with E-state index in [4.69, 9.17) is 9.15 Å². The lowest BCUT2D eigenvalue weighted by atomic mass is 10.1. The number of fused-ring (bicyclic) bond motifs is 1. The fraction of sp³-hybridized carbons (Fsp3) is 0.211. The van der Waals surface area contributed by atoms with Gasteiger partial charge in [0.1, 0.15) is 5.69 Å². The number of esters is 1. The predicted octanol–water partition coefficient (Wildman–Crippen LogP) is 3.94. The zero-order valence-corrected chi connectivity index (χ0v) is 14.3. The number of pyridine rings is 1. The largest absolute Gasteiger partial charge is 0.460 e. The summed E-state index contributed by atoms with van der Waals surface area (Å²) in [4.78, 5) is 28.3. The zero-order chi connectivity index (χ0) is 18.0. The molecule has 0 radical (unpaired) electrons. The van der Waals surface area contributed by atoms with Gasteiger partial charge in [0, 0.05) is 12.5 Å². The van der Waals surface area contributed by atoms with Crippen LogP contribution in [0.3, 0.4) is 0 Å². The van der Waals surface area contributed by atoms with Gasteiger partial charge in [-0.2, -0.15) is 0 Å². The summed E-state index contributed by atoms with van der Waals surface area (Å²) in [5.41, 5.74) is 3.08. The summed E-state index contributed by atoms with van der Waals surface area (Å²) in [7, 11) is 0. The average molecular weight is 338 g/mol. The molecule has 2 aromatic heterocycles. The molecule has 128 valence electrons. The minimum Gasteiger partial charge on any atom is -0.460 e. The minimum atomic E-state index is -0.634. The third kappa shape index (κ3) is 3.24. The van der Waals surface area contributed by atoms with Gasteiger partial charge in [0.15, 0.2) is 0 Å². The highest BCUT2D eigenvalue weighted by molar-refractivity contribution is 6.09.